The normalized spacial score (nSPS) is 14.1. The largest absolute Gasteiger partial charge is 0.395 e. The van der Waals surface area contributed by atoms with Gasteiger partial charge < -0.3 is 26.4 Å². The van der Waals surface area contributed by atoms with Gasteiger partial charge in [-0.2, -0.15) is 10.1 Å². The lowest BCUT2D eigenvalue weighted by molar-refractivity contribution is -0.117. The number of aromatic nitrogens is 4. The molecule has 6 N–H and O–H groups in total. The number of benzene rings is 2. The number of β-amino-alcohol motifs (C(OH)–C–C–N with tert-alkyl or cyclic N) is 1. The number of carbonyl (C=O) groups excluding carboxylic acids is 2. The zero-order valence-electron chi connectivity index (χ0n) is 22.4. The Bertz CT molecular complexity index is 1540. The van der Waals surface area contributed by atoms with Gasteiger partial charge in [-0.15, -0.1) is 0 Å². The molecule has 0 bridgehead atoms. The first kappa shape index (κ1) is 28.2. The highest BCUT2D eigenvalue weighted by molar-refractivity contribution is 6.33. The van der Waals surface area contributed by atoms with Crippen LogP contribution < -0.4 is 21.3 Å². The van der Waals surface area contributed by atoms with Crippen molar-refractivity contribution in [1.82, 2.24) is 35.3 Å². The third kappa shape index (κ3) is 6.89. The first-order valence-corrected chi connectivity index (χ1v) is 13.5. The average Bonchev–Trinajstić information content (AvgIpc) is 3.37. The van der Waals surface area contributed by atoms with Crippen molar-refractivity contribution in [3.05, 3.63) is 59.2 Å². The van der Waals surface area contributed by atoms with Crippen LogP contribution in [-0.2, 0) is 4.79 Å². The van der Waals surface area contributed by atoms with Crippen LogP contribution in [0.4, 0.5) is 29.0 Å². The van der Waals surface area contributed by atoms with E-state index in [-0.39, 0.29) is 25.0 Å². The highest BCUT2D eigenvalue weighted by atomic mass is 35.5. The Kier molecular flexibility index (Phi) is 8.89. The van der Waals surface area contributed by atoms with E-state index in [9.17, 15) is 9.59 Å². The number of fused-ring (bicyclic) bond motifs is 1. The van der Waals surface area contributed by atoms with E-state index in [4.69, 9.17) is 16.7 Å². The van der Waals surface area contributed by atoms with Crippen molar-refractivity contribution in [1.29, 1.82) is 0 Å². The number of hydrogen-bond acceptors (Lipinski definition) is 10. The van der Waals surface area contributed by atoms with E-state index in [0.29, 0.717) is 46.1 Å². The molecule has 2 aromatic heterocycles. The molecule has 41 heavy (non-hydrogen) atoms. The van der Waals surface area contributed by atoms with Crippen LogP contribution >= 0.6 is 11.6 Å². The van der Waals surface area contributed by atoms with Crippen LogP contribution in [-0.4, -0.2) is 99.8 Å². The highest BCUT2D eigenvalue weighted by Gasteiger charge is 2.20. The van der Waals surface area contributed by atoms with Crippen molar-refractivity contribution in [2.45, 2.75) is 0 Å². The summed E-state index contributed by atoms with van der Waals surface area (Å²) in [6, 6.07) is 12.6. The summed E-state index contributed by atoms with van der Waals surface area (Å²) in [6.07, 6.45) is 1.47. The van der Waals surface area contributed by atoms with Crippen molar-refractivity contribution in [2.75, 3.05) is 68.9 Å². The summed E-state index contributed by atoms with van der Waals surface area (Å²) in [4.78, 5) is 37.9. The predicted molar refractivity (Wildman–Crippen MR) is 158 cm³/mol. The highest BCUT2D eigenvalue weighted by Crippen LogP contribution is 2.28. The predicted octanol–water partition coefficient (Wildman–Crippen LogP) is 2.40. The van der Waals surface area contributed by atoms with Crippen LogP contribution in [0.2, 0.25) is 5.02 Å². The molecule has 1 saturated heterocycles. The minimum Gasteiger partial charge on any atom is -0.395 e. The molecule has 0 atom stereocenters. The van der Waals surface area contributed by atoms with Gasteiger partial charge in [0.05, 0.1) is 36.1 Å². The monoisotopic (exact) mass is 578 g/mol. The van der Waals surface area contributed by atoms with E-state index < -0.39 is 0 Å². The Hall–Kier alpha value is -4.30. The van der Waals surface area contributed by atoms with E-state index in [1.807, 2.05) is 18.2 Å². The third-order valence-corrected chi connectivity index (χ3v) is 7.00. The van der Waals surface area contributed by atoms with Crippen LogP contribution in [0.3, 0.4) is 0 Å². The van der Waals surface area contributed by atoms with Crippen LogP contribution in [0.15, 0.2) is 48.7 Å². The van der Waals surface area contributed by atoms with Crippen molar-refractivity contribution in [3.8, 4) is 0 Å². The van der Waals surface area contributed by atoms with E-state index >= 15 is 0 Å². The van der Waals surface area contributed by atoms with Gasteiger partial charge in [-0.25, -0.2) is 4.98 Å². The van der Waals surface area contributed by atoms with Gasteiger partial charge in [-0.05, 0) is 30.3 Å². The number of aliphatic hydroxyl groups is 1. The SMILES string of the molecule is CNC(=O)c1ccccc1Nc1nc(Nc2ccc3c(NC(=O)CN4CCN(CCO)CC4)n[nH]c3c2)ncc1Cl. The van der Waals surface area contributed by atoms with E-state index in [1.54, 1.807) is 31.3 Å². The molecule has 214 valence electrons. The zero-order valence-corrected chi connectivity index (χ0v) is 23.2. The Balaban J connectivity index is 1.23. The fraction of sp³-hybridized carbons (Fsp3) is 0.296. The van der Waals surface area contributed by atoms with Gasteiger partial charge >= 0.3 is 0 Å². The molecule has 4 aromatic rings. The number of nitrogens with one attached hydrogen (secondary N) is 5. The van der Waals surface area contributed by atoms with E-state index in [2.05, 4.69) is 51.2 Å². The Morgan fingerprint density at radius 3 is 2.61 bits per heavy atom. The molecule has 1 aliphatic rings. The summed E-state index contributed by atoms with van der Waals surface area (Å²) >= 11 is 6.34. The number of amides is 2. The molecule has 0 radical (unpaired) electrons. The topological polar surface area (TPSA) is 163 Å². The van der Waals surface area contributed by atoms with Gasteiger partial charge in [0.2, 0.25) is 11.9 Å². The lowest BCUT2D eigenvalue weighted by atomic mass is 10.1. The second-order valence-corrected chi connectivity index (χ2v) is 9.89. The molecular weight excluding hydrogens is 548 g/mol. The zero-order chi connectivity index (χ0) is 28.8. The molecule has 2 aromatic carbocycles. The summed E-state index contributed by atoms with van der Waals surface area (Å²) in [6.45, 7) is 4.28. The standard InChI is InChI=1S/C27H31ClN10O3/c1-29-26(41)19-4-2-3-5-21(19)32-25-20(28)15-30-27(34-25)31-17-6-7-18-22(14-17)35-36-24(18)33-23(40)16-38-10-8-37(9-11-38)12-13-39/h2-7,14-15,39H,8-13,16H2,1H3,(H,29,41)(H2,30,31,32,34)(H2,33,35,36,40). The number of halogens is 1. The number of carbonyl (C=O) groups is 2. The number of H-pyrrole nitrogens is 1. The minimum atomic E-state index is -0.239. The maximum atomic E-state index is 12.7. The average molecular weight is 579 g/mol. The second kappa shape index (κ2) is 12.9. The Morgan fingerprint density at radius 1 is 1.05 bits per heavy atom. The molecule has 0 spiro atoms. The Labute approximate surface area is 241 Å². The number of rotatable bonds is 10. The minimum absolute atomic E-state index is 0.135. The number of aliphatic hydroxyl groups excluding tert-OH is 1. The lowest BCUT2D eigenvalue weighted by Crippen LogP contribution is -2.49. The molecule has 5 rings (SSSR count). The Morgan fingerprint density at radius 2 is 1.83 bits per heavy atom. The van der Waals surface area contributed by atoms with Crippen molar-refractivity contribution in [2.24, 2.45) is 0 Å². The van der Waals surface area contributed by atoms with Gasteiger partial charge in [-0.3, -0.25) is 24.5 Å². The quantitative estimate of drug-likeness (QED) is 0.165. The lowest BCUT2D eigenvalue weighted by Gasteiger charge is -2.33. The number of aromatic amines is 1. The molecule has 2 amide bonds. The van der Waals surface area contributed by atoms with Gasteiger partial charge in [0.15, 0.2) is 11.6 Å². The fourth-order valence-corrected chi connectivity index (χ4v) is 4.71. The molecule has 1 aliphatic heterocycles. The molecule has 0 saturated carbocycles. The number of hydrogen-bond donors (Lipinski definition) is 6. The maximum Gasteiger partial charge on any atom is 0.253 e. The molecule has 0 unspecified atom stereocenters. The van der Waals surface area contributed by atoms with Gasteiger partial charge in [0.25, 0.3) is 5.91 Å². The van der Waals surface area contributed by atoms with Gasteiger partial charge in [0, 0.05) is 50.8 Å². The smallest absolute Gasteiger partial charge is 0.253 e. The van der Waals surface area contributed by atoms with Crippen LogP contribution in [0.25, 0.3) is 10.9 Å². The molecular formula is C27H31ClN10O3. The first-order valence-electron chi connectivity index (χ1n) is 13.1. The van der Waals surface area contributed by atoms with Crippen LogP contribution in [0, 0.1) is 0 Å². The number of nitrogens with zero attached hydrogens (tertiary/aromatic N) is 5. The van der Waals surface area contributed by atoms with Crippen molar-refractivity contribution >= 4 is 63.3 Å². The van der Waals surface area contributed by atoms with Gasteiger partial charge in [-0.1, -0.05) is 23.7 Å². The van der Waals surface area contributed by atoms with E-state index in [1.165, 1.54) is 6.20 Å². The summed E-state index contributed by atoms with van der Waals surface area (Å²) in [5.41, 5.74) is 2.41. The molecule has 0 aliphatic carbocycles. The molecule has 13 nitrogen and oxygen atoms in total. The summed E-state index contributed by atoms with van der Waals surface area (Å²) < 4.78 is 0. The maximum absolute atomic E-state index is 12.7. The van der Waals surface area contributed by atoms with Gasteiger partial charge in [0.1, 0.15) is 5.02 Å². The summed E-state index contributed by atoms with van der Waals surface area (Å²) in [7, 11) is 1.57. The van der Waals surface area contributed by atoms with Crippen molar-refractivity contribution < 1.29 is 14.7 Å². The molecule has 1 fully saturated rings. The van der Waals surface area contributed by atoms with Crippen LogP contribution in [0.1, 0.15) is 10.4 Å². The first-order chi connectivity index (χ1) is 19.9. The van der Waals surface area contributed by atoms with Crippen molar-refractivity contribution in [3.63, 3.8) is 0 Å². The molecule has 14 heteroatoms. The van der Waals surface area contributed by atoms with Crippen LogP contribution in [0.5, 0.6) is 0 Å². The van der Waals surface area contributed by atoms with E-state index in [0.717, 1.165) is 37.1 Å². The fourth-order valence-electron chi connectivity index (χ4n) is 4.58. The third-order valence-electron chi connectivity index (χ3n) is 6.72. The summed E-state index contributed by atoms with van der Waals surface area (Å²) in [5, 5.41) is 29.2. The number of anilines is 5. The number of para-hydroxylation sites is 1. The number of piperazine rings is 1. The second-order valence-electron chi connectivity index (χ2n) is 9.49. The molecule has 3 heterocycles. The summed E-state index contributed by atoms with van der Waals surface area (Å²) in [5.74, 6) is 0.712.